The van der Waals surface area contributed by atoms with Crippen molar-refractivity contribution >= 4 is 17.3 Å². The highest BCUT2D eigenvalue weighted by Crippen LogP contribution is 2.25. The van der Waals surface area contributed by atoms with Crippen LogP contribution in [0.4, 0.5) is 11.4 Å². The van der Waals surface area contributed by atoms with Crippen LogP contribution in [0, 0.1) is 5.92 Å². The lowest BCUT2D eigenvalue weighted by Gasteiger charge is -2.32. The molecule has 1 aromatic rings. The molecule has 0 radical (unpaired) electrons. The molecule has 4 heteroatoms. The minimum absolute atomic E-state index is 0.112. The molecule has 1 atom stereocenters. The van der Waals surface area contributed by atoms with Gasteiger partial charge in [0.15, 0.2) is 0 Å². The number of nitrogens with two attached hydrogens (primary N) is 1. The first-order chi connectivity index (χ1) is 10.4. The fourth-order valence-corrected chi connectivity index (χ4v) is 2.95. The van der Waals surface area contributed by atoms with E-state index in [1.54, 1.807) is 6.92 Å². The minimum atomic E-state index is -0.814. The van der Waals surface area contributed by atoms with Crippen LogP contribution in [0.25, 0.3) is 0 Å². The summed E-state index contributed by atoms with van der Waals surface area (Å²) in [5.41, 5.74) is 7.29. The maximum Gasteiger partial charge on any atom is 0.244 e. The van der Waals surface area contributed by atoms with Crippen molar-refractivity contribution in [3.8, 4) is 0 Å². The second kappa shape index (κ2) is 7.14. The molecule has 1 aliphatic heterocycles. The van der Waals surface area contributed by atoms with Crippen LogP contribution in [0.5, 0.6) is 0 Å². The molecule has 1 amide bonds. The zero-order chi connectivity index (χ0) is 16.2. The van der Waals surface area contributed by atoms with E-state index >= 15 is 0 Å². The average Bonchev–Trinajstić information content (AvgIpc) is 2.48. The van der Waals surface area contributed by atoms with Crippen LogP contribution < -0.4 is 16.0 Å². The third-order valence-corrected chi connectivity index (χ3v) is 4.54. The van der Waals surface area contributed by atoms with Crippen molar-refractivity contribution in [2.24, 2.45) is 11.7 Å². The summed E-state index contributed by atoms with van der Waals surface area (Å²) in [4.78, 5) is 14.7. The van der Waals surface area contributed by atoms with Crippen LogP contribution >= 0.6 is 0 Å². The lowest BCUT2D eigenvalue weighted by molar-refractivity contribution is -0.120. The van der Waals surface area contributed by atoms with Gasteiger partial charge in [-0.3, -0.25) is 4.79 Å². The first-order valence-electron chi connectivity index (χ1n) is 8.37. The van der Waals surface area contributed by atoms with Gasteiger partial charge in [0.2, 0.25) is 5.91 Å². The summed E-state index contributed by atoms with van der Waals surface area (Å²) in [5, 5.41) is 2.96. The Kier molecular flexibility index (Phi) is 5.46. The largest absolute Gasteiger partial charge is 0.371 e. The Labute approximate surface area is 134 Å². The number of rotatable bonds is 5. The molecule has 0 saturated carbocycles. The van der Waals surface area contributed by atoms with Gasteiger partial charge in [0.1, 0.15) is 0 Å². The molecule has 1 saturated heterocycles. The minimum Gasteiger partial charge on any atom is -0.371 e. The van der Waals surface area contributed by atoms with Crippen LogP contribution in [-0.2, 0) is 4.79 Å². The van der Waals surface area contributed by atoms with E-state index in [-0.39, 0.29) is 5.91 Å². The summed E-state index contributed by atoms with van der Waals surface area (Å²) in [6.45, 7) is 8.31. The van der Waals surface area contributed by atoms with Crippen molar-refractivity contribution in [1.29, 1.82) is 0 Å². The molecule has 0 spiro atoms. The number of nitrogens with one attached hydrogen (secondary N) is 1. The Balaban J connectivity index is 2.04. The number of hydrogen-bond acceptors (Lipinski definition) is 3. The molecule has 1 unspecified atom stereocenters. The van der Waals surface area contributed by atoms with E-state index in [1.807, 2.05) is 19.1 Å². The number of amides is 1. The monoisotopic (exact) mass is 303 g/mol. The van der Waals surface area contributed by atoms with Gasteiger partial charge >= 0.3 is 0 Å². The number of piperidine rings is 1. The summed E-state index contributed by atoms with van der Waals surface area (Å²) < 4.78 is 0. The van der Waals surface area contributed by atoms with Crippen molar-refractivity contribution in [3.63, 3.8) is 0 Å². The highest BCUT2D eigenvalue weighted by atomic mass is 16.2. The highest BCUT2D eigenvalue weighted by molar-refractivity contribution is 5.97. The van der Waals surface area contributed by atoms with Gasteiger partial charge in [-0.2, -0.15) is 0 Å². The quantitative estimate of drug-likeness (QED) is 0.876. The molecule has 0 bridgehead atoms. The van der Waals surface area contributed by atoms with E-state index in [4.69, 9.17) is 5.73 Å². The maximum absolute atomic E-state index is 12.3. The normalized spacial score (nSPS) is 18.8. The Morgan fingerprint density at radius 2 is 2.09 bits per heavy atom. The van der Waals surface area contributed by atoms with Gasteiger partial charge in [-0.05, 0) is 50.3 Å². The Hall–Kier alpha value is -1.55. The zero-order valence-corrected chi connectivity index (χ0v) is 14.1. The van der Waals surface area contributed by atoms with E-state index in [2.05, 4.69) is 29.3 Å². The summed E-state index contributed by atoms with van der Waals surface area (Å²) in [7, 11) is 0. The Bertz CT molecular complexity index is 505. The lowest BCUT2D eigenvalue weighted by Crippen LogP contribution is -2.48. The predicted octanol–water partition coefficient (Wildman–Crippen LogP) is 3.38. The molecule has 1 fully saturated rings. The van der Waals surface area contributed by atoms with Crippen LogP contribution in [-0.4, -0.2) is 24.5 Å². The van der Waals surface area contributed by atoms with Gasteiger partial charge in [-0.25, -0.2) is 0 Å². The topological polar surface area (TPSA) is 58.4 Å². The van der Waals surface area contributed by atoms with E-state index in [0.29, 0.717) is 6.42 Å². The van der Waals surface area contributed by atoms with Crippen LogP contribution in [0.1, 0.15) is 46.5 Å². The van der Waals surface area contributed by atoms with E-state index in [0.717, 1.165) is 31.1 Å². The van der Waals surface area contributed by atoms with Gasteiger partial charge in [0.25, 0.3) is 0 Å². The summed E-state index contributed by atoms with van der Waals surface area (Å²) in [6.07, 6.45) is 4.04. The first-order valence-corrected chi connectivity index (χ1v) is 8.37. The fourth-order valence-electron chi connectivity index (χ4n) is 2.95. The number of carbonyl (C=O) groups is 1. The van der Waals surface area contributed by atoms with Crippen molar-refractivity contribution in [2.45, 2.75) is 52.0 Å². The number of anilines is 2. The highest BCUT2D eigenvalue weighted by Gasteiger charge is 2.27. The van der Waals surface area contributed by atoms with Crippen LogP contribution in [0.2, 0.25) is 0 Å². The summed E-state index contributed by atoms with van der Waals surface area (Å²) in [5.74, 6) is 0.699. The smallest absolute Gasteiger partial charge is 0.244 e. The van der Waals surface area contributed by atoms with Crippen molar-refractivity contribution in [1.82, 2.24) is 0 Å². The van der Waals surface area contributed by atoms with E-state index in [1.165, 1.54) is 18.5 Å². The summed E-state index contributed by atoms with van der Waals surface area (Å²) >= 11 is 0. The molecule has 3 N–H and O–H groups in total. The number of carbonyl (C=O) groups excluding carboxylic acids is 1. The molecular weight excluding hydrogens is 274 g/mol. The number of nitrogens with zero attached hydrogens (tertiary/aromatic N) is 1. The number of hydrogen-bond donors (Lipinski definition) is 2. The predicted molar refractivity (Wildman–Crippen MR) is 93.2 cm³/mol. The van der Waals surface area contributed by atoms with E-state index in [9.17, 15) is 4.79 Å². The zero-order valence-electron chi connectivity index (χ0n) is 14.1. The third kappa shape index (κ3) is 4.23. The SMILES string of the molecule is CCCC(C)(N)C(=O)Nc1cccc(N2CCC(C)CC2)c1. The standard InChI is InChI=1S/C18H29N3O/c1-4-10-18(3,19)17(22)20-15-6-5-7-16(13-15)21-11-8-14(2)9-12-21/h5-7,13-14H,4,8-12,19H2,1-3H3,(H,20,22). The maximum atomic E-state index is 12.3. The van der Waals surface area contributed by atoms with Gasteiger partial charge in [-0.15, -0.1) is 0 Å². The number of benzene rings is 1. The van der Waals surface area contributed by atoms with Gasteiger partial charge in [-0.1, -0.05) is 26.3 Å². The molecule has 1 heterocycles. The van der Waals surface area contributed by atoms with Crippen LogP contribution in [0.3, 0.4) is 0 Å². The lowest BCUT2D eigenvalue weighted by atomic mass is 9.96. The van der Waals surface area contributed by atoms with Gasteiger partial charge in [0.05, 0.1) is 5.54 Å². The molecule has 1 aliphatic rings. The molecule has 0 aliphatic carbocycles. The molecule has 122 valence electrons. The Morgan fingerprint density at radius 3 is 2.73 bits per heavy atom. The summed E-state index contributed by atoms with van der Waals surface area (Å²) in [6, 6.07) is 8.09. The van der Waals surface area contributed by atoms with Gasteiger partial charge < -0.3 is 16.0 Å². The second-order valence-corrected chi connectivity index (χ2v) is 6.84. The van der Waals surface area contributed by atoms with Crippen molar-refractivity contribution in [3.05, 3.63) is 24.3 Å². The molecule has 22 heavy (non-hydrogen) atoms. The first kappa shape index (κ1) is 16.8. The second-order valence-electron chi connectivity index (χ2n) is 6.84. The molecular formula is C18H29N3O. The van der Waals surface area contributed by atoms with Crippen LogP contribution in [0.15, 0.2) is 24.3 Å². The van der Waals surface area contributed by atoms with E-state index < -0.39 is 5.54 Å². The van der Waals surface area contributed by atoms with Crippen molar-refractivity contribution in [2.75, 3.05) is 23.3 Å². The Morgan fingerprint density at radius 1 is 1.41 bits per heavy atom. The molecule has 2 rings (SSSR count). The average molecular weight is 303 g/mol. The molecule has 4 nitrogen and oxygen atoms in total. The third-order valence-electron chi connectivity index (χ3n) is 4.54. The van der Waals surface area contributed by atoms with Crippen molar-refractivity contribution < 1.29 is 4.79 Å². The molecule has 1 aromatic carbocycles. The molecule has 0 aromatic heterocycles. The fraction of sp³-hybridized carbons (Fsp3) is 0.611. The van der Waals surface area contributed by atoms with Gasteiger partial charge in [0, 0.05) is 24.5 Å².